The molecular formula is C14H17NO3. The SMILES string of the molecule is C=C(C1=C(N)CCC2(C1)OCCO2)c1ccoc1. The first kappa shape index (κ1) is 11.6. The maximum Gasteiger partial charge on any atom is 0.172 e. The van der Waals surface area contributed by atoms with E-state index in [1.807, 2.05) is 6.07 Å². The molecular weight excluding hydrogens is 230 g/mol. The number of hydrogen-bond donors (Lipinski definition) is 1. The molecule has 0 radical (unpaired) electrons. The Hall–Kier alpha value is -1.52. The lowest BCUT2D eigenvalue weighted by molar-refractivity contribution is -0.162. The lowest BCUT2D eigenvalue weighted by atomic mass is 9.85. The quantitative estimate of drug-likeness (QED) is 0.872. The molecule has 0 saturated carbocycles. The standard InChI is InChI=1S/C14H17NO3/c1-10(11-3-5-16-9-11)12-8-14(4-2-13(12)15)17-6-7-18-14/h3,5,9H,1-2,4,6-8,15H2. The molecule has 1 aliphatic carbocycles. The molecule has 0 unspecified atom stereocenters. The van der Waals surface area contributed by atoms with Crippen molar-refractivity contribution in [3.8, 4) is 0 Å². The molecule has 18 heavy (non-hydrogen) atoms. The van der Waals surface area contributed by atoms with E-state index in [0.29, 0.717) is 19.6 Å². The van der Waals surface area contributed by atoms with E-state index in [1.54, 1.807) is 12.5 Å². The Kier molecular flexibility index (Phi) is 2.76. The maximum absolute atomic E-state index is 6.11. The lowest BCUT2D eigenvalue weighted by Crippen LogP contribution is -2.35. The van der Waals surface area contributed by atoms with Crippen LogP contribution >= 0.6 is 0 Å². The molecule has 3 rings (SSSR count). The van der Waals surface area contributed by atoms with E-state index in [0.717, 1.165) is 35.2 Å². The molecule has 1 saturated heterocycles. The summed E-state index contributed by atoms with van der Waals surface area (Å²) in [6, 6.07) is 1.89. The largest absolute Gasteiger partial charge is 0.472 e. The molecule has 4 nitrogen and oxygen atoms in total. The van der Waals surface area contributed by atoms with Crippen LogP contribution < -0.4 is 5.73 Å². The number of ether oxygens (including phenoxy) is 2. The van der Waals surface area contributed by atoms with Crippen LogP contribution in [0.15, 0.2) is 40.9 Å². The van der Waals surface area contributed by atoms with Gasteiger partial charge in [0.25, 0.3) is 0 Å². The summed E-state index contributed by atoms with van der Waals surface area (Å²) in [5, 5.41) is 0. The van der Waals surface area contributed by atoms with Crippen LogP contribution in [0.4, 0.5) is 0 Å². The minimum absolute atomic E-state index is 0.481. The number of hydrogen-bond acceptors (Lipinski definition) is 4. The third kappa shape index (κ3) is 1.87. The molecule has 4 heteroatoms. The second-order valence-electron chi connectivity index (χ2n) is 4.78. The first-order valence-electron chi connectivity index (χ1n) is 6.17. The minimum Gasteiger partial charge on any atom is -0.472 e. The molecule has 2 heterocycles. The first-order chi connectivity index (χ1) is 8.70. The summed E-state index contributed by atoms with van der Waals surface area (Å²) >= 11 is 0. The molecule has 1 aromatic rings. The smallest absolute Gasteiger partial charge is 0.172 e. The third-order valence-corrected chi connectivity index (χ3v) is 3.66. The van der Waals surface area contributed by atoms with E-state index in [-0.39, 0.29) is 0 Å². The van der Waals surface area contributed by atoms with Crippen molar-refractivity contribution >= 4 is 5.57 Å². The zero-order valence-electron chi connectivity index (χ0n) is 10.3. The molecule has 2 N–H and O–H groups in total. The van der Waals surface area contributed by atoms with Crippen molar-refractivity contribution in [2.45, 2.75) is 25.0 Å². The summed E-state index contributed by atoms with van der Waals surface area (Å²) in [6.45, 7) is 5.43. The maximum atomic E-state index is 6.11. The molecule has 1 aromatic heterocycles. The Balaban J connectivity index is 1.88. The normalized spacial score (nSPS) is 22.7. The summed E-state index contributed by atoms with van der Waals surface area (Å²) in [4.78, 5) is 0. The van der Waals surface area contributed by atoms with Gasteiger partial charge in [0.2, 0.25) is 0 Å². The minimum atomic E-state index is -0.481. The molecule has 0 amide bonds. The van der Waals surface area contributed by atoms with Crippen LogP contribution in [-0.2, 0) is 9.47 Å². The van der Waals surface area contributed by atoms with E-state index in [1.165, 1.54) is 0 Å². The summed E-state index contributed by atoms with van der Waals surface area (Å²) in [5.74, 6) is -0.481. The molecule has 96 valence electrons. The van der Waals surface area contributed by atoms with Crippen LogP contribution in [0.5, 0.6) is 0 Å². The van der Waals surface area contributed by atoms with Crippen molar-refractivity contribution in [3.63, 3.8) is 0 Å². The predicted octanol–water partition coefficient (Wildman–Crippen LogP) is 2.43. The monoisotopic (exact) mass is 247 g/mol. The van der Waals surface area contributed by atoms with Crippen LogP contribution in [0.25, 0.3) is 5.57 Å². The molecule has 1 aliphatic heterocycles. The van der Waals surface area contributed by atoms with Crippen molar-refractivity contribution < 1.29 is 13.9 Å². The number of allylic oxidation sites excluding steroid dienone is 2. The fourth-order valence-corrected chi connectivity index (χ4v) is 2.60. The lowest BCUT2D eigenvalue weighted by Gasteiger charge is -2.33. The highest BCUT2D eigenvalue weighted by Crippen LogP contribution is 2.41. The fourth-order valence-electron chi connectivity index (χ4n) is 2.60. The highest BCUT2D eigenvalue weighted by molar-refractivity contribution is 5.77. The molecule has 1 fully saturated rings. The van der Waals surface area contributed by atoms with Gasteiger partial charge in [0, 0.05) is 24.1 Å². The average molecular weight is 247 g/mol. The Morgan fingerprint density at radius 2 is 2.11 bits per heavy atom. The zero-order chi connectivity index (χ0) is 12.6. The fraction of sp³-hybridized carbons (Fsp3) is 0.429. The van der Waals surface area contributed by atoms with Gasteiger partial charge in [0.1, 0.15) is 0 Å². The predicted molar refractivity (Wildman–Crippen MR) is 67.4 cm³/mol. The third-order valence-electron chi connectivity index (χ3n) is 3.66. The molecule has 2 aliphatic rings. The highest BCUT2D eigenvalue weighted by Gasteiger charge is 2.40. The van der Waals surface area contributed by atoms with E-state index in [9.17, 15) is 0 Å². The van der Waals surface area contributed by atoms with Gasteiger partial charge in [0.15, 0.2) is 5.79 Å². The van der Waals surface area contributed by atoms with Gasteiger partial charge in [-0.2, -0.15) is 0 Å². The van der Waals surface area contributed by atoms with Gasteiger partial charge in [-0.15, -0.1) is 0 Å². The van der Waals surface area contributed by atoms with Gasteiger partial charge in [-0.05, 0) is 23.6 Å². The molecule has 0 atom stereocenters. The van der Waals surface area contributed by atoms with E-state index >= 15 is 0 Å². The van der Waals surface area contributed by atoms with Gasteiger partial charge >= 0.3 is 0 Å². The van der Waals surface area contributed by atoms with Crippen molar-refractivity contribution in [2.75, 3.05) is 13.2 Å². The summed E-state index contributed by atoms with van der Waals surface area (Å²) in [6.07, 6.45) is 5.59. The Labute approximate surface area is 106 Å². The van der Waals surface area contributed by atoms with Crippen LogP contribution in [-0.4, -0.2) is 19.0 Å². The number of nitrogens with two attached hydrogens (primary N) is 1. The summed E-state index contributed by atoms with van der Waals surface area (Å²) < 4.78 is 16.6. The topological polar surface area (TPSA) is 57.6 Å². The summed E-state index contributed by atoms with van der Waals surface area (Å²) in [5.41, 5.74) is 9.89. The van der Waals surface area contributed by atoms with Gasteiger partial charge in [-0.25, -0.2) is 0 Å². The van der Waals surface area contributed by atoms with Gasteiger partial charge in [-0.3, -0.25) is 0 Å². The second kappa shape index (κ2) is 4.30. The Morgan fingerprint density at radius 3 is 2.78 bits per heavy atom. The molecule has 0 bridgehead atoms. The number of furan rings is 1. The summed E-state index contributed by atoms with van der Waals surface area (Å²) in [7, 11) is 0. The van der Waals surface area contributed by atoms with E-state index < -0.39 is 5.79 Å². The van der Waals surface area contributed by atoms with Crippen LogP contribution in [0.3, 0.4) is 0 Å². The molecule has 1 spiro atoms. The van der Waals surface area contributed by atoms with Crippen LogP contribution in [0.2, 0.25) is 0 Å². The van der Waals surface area contributed by atoms with E-state index in [4.69, 9.17) is 19.6 Å². The van der Waals surface area contributed by atoms with E-state index in [2.05, 4.69) is 6.58 Å². The highest BCUT2D eigenvalue weighted by atomic mass is 16.7. The first-order valence-corrected chi connectivity index (χ1v) is 6.17. The zero-order valence-corrected chi connectivity index (χ0v) is 10.3. The van der Waals surface area contributed by atoms with Crippen LogP contribution in [0, 0.1) is 0 Å². The van der Waals surface area contributed by atoms with Crippen molar-refractivity contribution in [2.24, 2.45) is 5.73 Å². The number of rotatable bonds is 2. The second-order valence-corrected chi connectivity index (χ2v) is 4.78. The average Bonchev–Trinajstić information content (AvgIpc) is 3.04. The Bertz CT molecular complexity index is 481. The molecule has 0 aromatic carbocycles. The Morgan fingerprint density at radius 1 is 1.33 bits per heavy atom. The van der Waals surface area contributed by atoms with Crippen molar-refractivity contribution in [1.29, 1.82) is 0 Å². The van der Waals surface area contributed by atoms with Crippen molar-refractivity contribution in [3.05, 3.63) is 42.0 Å². The van der Waals surface area contributed by atoms with Gasteiger partial charge < -0.3 is 19.6 Å². The van der Waals surface area contributed by atoms with Crippen molar-refractivity contribution in [1.82, 2.24) is 0 Å². The van der Waals surface area contributed by atoms with Gasteiger partial charge in [0.05, 0.1) is 25.7 Å². The van der Waals surface area contributed by atoms with Crippen LogP contribution in [0.1, 0.15) is 24.8 Å². The van der Waals surface area contributed by atoms with Gasteiger partial charge in [-0.1, -0.05) is 6.58 Å².